The van der Waals surface area contributed by atoms with Crippen LogP contribution in [0.5, 0.6) is 5.75 Å². The van der Waals surface area contributed by atoms with Crippen molar-refractivity contribution >= 4 is 5.78 Å². The summed E-state index contributed by atoms with van der Waals surface area (Å²) in [6, 6.07) is 38.3. The van der Waals surface area contributed by atoms with Crippen molar-refractivity contribution < 1.29 is 9.84 Å². The number of hydrogen-bond acceptors (Lipinski definition) is 3. The lowest BCUT2D eigenvalue weighted by atomic mass is 10.0. The third kappa shape index (κ3) is 4.30. The zero-order valence-corrected chi connectivity index (χ0v) is 20.5. The number of methoxy groups -OCH3 is 1. The van der Waals surface area contributed by atoms with Gasteiger partial charge in [-0.2, -0.15) is 0 Å². The summed E-state index contributed by atoms with van der Waals surface area (Å²) in [4.78, 5) is 5.18. The fraction of sp³-hybridized carbons (Fsp3) is 0.0938. The van der Waals surface area contributed by atoms with Crippen molar-refractivity contribution in [2.24, 2.45) is 0 Å². The van der Waals surface area contributed by atoms with Gasteiger partial charge in [-0.15, -0.1) is 0 Å². The Kier molecular flexibility index (Phi) is 6.05. The third-order valence-electron chi connectivity index (χ3n) is 6.70. The molecule has 0 aliphatic carbocycles. The van der Waals surface area contributed by atoms with Gasteiger partial charge in [0.1, 0.15) is 5.75 Å². The van der Waals surface area contributed by atoms with E-state index in [1.54, 1.807) is 7.11 Å². The molecule has 5 heteroatoms. The SMILES string of the molecule is COc1ccc(-c2cn3c(-c4ccccc4)c(-c4ccccc4)nc3n2C[C@H](O)c2ccccc2)cc1. The molecule has 1 N–H and O–H groups in total. The van der Waals surface area contributed by atoms with Crippen LogP contribution in [0.4, 0.5) is 0 Å². The lowest BCUT2D eigenvalue weighted by Gasteiger charge is -2.15. The Bertz CT molecular complexity index is 1620. The fourth-order valence-corrected chi connectivity index (χ4v) is 4.83. The Balaban J connectivity index is 1.59. The van der Waals surface area contributed by atoms with Crippen LogP contribution in [0.2, 0.25) is 0 Å². The van der Waals surface area contributed by atoms with Gasteiger partial charge in [-0.1, -0.05) is 91.0 Å². The maximum Gasteiger partial charge on any atom is 0.215 e. The standard InChI is InChI=1S/C32H27N3O2/c1-37-27-19-17-23(18-20-27)28-21-35-31(26-15-9-4-10-16-26)30(25-13-7-3-8-14-25)33-32(35)34(28)22-29(36)24-11-5-2-6-12-24/h2-21,29,36H,22H2,1H3/t29-/m0/s1. The van der Waals surface area contributed by atoms with E-state index in [4.69, 9.17) is 9.72 Å². The van der Waals surface area contributed by atoms with Gasteiger partial charge in [-0.25, -0.2) is 4.98 Å². The van der Waals surface area contributed by atoms with Gasteiger partial charge in [0.15, 0.2) is 0 Å². The monoisotopic (exact) mass is 485 g/mol. The number of imidazole rings is 2. The lowest BCUT2D eigenvalue weighted by molar-refractivity contribution is 0.158. The number of aliphatic hydroxyl groups excluding tert-OH is 1. The number of rotatable bonds is 7. The summed E-state index contributed by atoms with van der Waals surface area (Å²) in [7, 11) is 1.67. The molecule has 5 nitrogen and oxygen atoms in total. The summed E-state index contributed by atoms with van der Waals surface area (Å²) >= 11 is 0. The molecule has 0 spiro atoms. The van der Waals surface area contributed by atoms with Crippen molar-refractivity contribution in [3.8, 4) is 39.5 Å². The molecule has 0 unspecified atom stereocenters. The van der Waals surface area contributed by atoms with E-state index in [9.17, 15) is 5.11 Å². The minimum Gasteiger partial charge on any atom is -0.497 e. The van der Waals surface area contributed by atoms with E-state index in [0.717, 1.165) is 50.9 Å². The normalized spacial score (nSPS) is 12.1. The van der Waals surface area contributed by atoms with Gasteiger partial charge in [0.2, 0.25) is 5.78 Å². The van der Waals surface area contributed by atoms with Gasteiger partial charge >= 0.3 is 0 Å². The smallest absolute Gasteiger partial charge is 0.215 e. The first kappa shape index (κ1) is 22.8. The molecule has 2 heterocycles. The van der Waals surface area contributed by atoms with Crippen LogP contribution in [0.25, 0.3) is 39.5 Å². The average Bonchev–Trinajstić information content (AvgIpc) is 3.51. The number of aromatic nitrogens is 3. The van der Waals surface area contributed by atoms with Crippen LogP contribution >= 0.6 is 0 Å². The fourth-order valence-electron chi connectivity index (χ4n) is 4.83. The van der Waals surface area contributed by atoms with Crippen molar-refractivity contribution in [1.82, 2.24) is 14.0 Å². The molecule has 6 rings (SSSR count). The number of benzene rings is 4. The lowest BCUT2D eigenvalue weighted by Crippen LogP contribution is -2.10. The number of fused-ring (bicyclic) bond motifs is 1. The summed E-state index contributed by atoms with van der Waals surface area (Å²) in [5, 5.41) is 11.2. The van der Waals surface area contributed by atoms with E-state index in [-0.39, 0.29) is 0 Å². The second-order valence-electron chi connectivity index (χ2n) is 8.99. The maximum absolute atomic E-state index is 11.2. The van der Waals surface area contributed by atoms with Gasteiger partial charge in [-0.05, 0) is 29.8 Å². The van der Waals surface area contributed by atoms with Crippen LogP contribution in [-0.2, 0) is 6.54 Å². The largest absolute Gasteiger partial charge is 0.497 e. The topological polar surface area (TPSA) is 51.7 Å². The molecule has 0 aliphatic rings. The van der Waals surface area contributed by atoms with Crippen molar-refractivity contribution in [3.63, 3.8) is 0 Å². The molecule has 0 aliphatic heterocycles. The Hall–Kier alpha value is -4.61. The quantitative estimate of drug-likeness (QED) is 0.268. The van der Waals surface area contributed by atoms with E-state index in [1.165, 1.54) is 0 Å². The number of nitrogens with zero attached hydrogens (tertiary/aromatic N) is 3. The highest BCUT2D eigenvalue weighted by Gasteiger charge is 2.23. The van der Waals surface area contributed by atoms with Crippen molar-refractivity contribution in [1.29, 1.82) is 0 Å². The Morgan fingerprint density at radius 3 is 1.95 bits per heavy atom. The second-order valence-corrected chi connectivity index (χ2v) is 8.99. The highest BCUT2D eigenvalue weighted by atomic mass is 16.5. The van der Waals surface area contributed by atoms with Crippen molar-refractivity contribution in [2.75, 3.05) is 7.11 Å². The number of aliphatic hydroxyl groups is 1. The molecule has 1 atom stereocenters. The van der Waals surface area contributed by atoms with Crippen LogP contribution in [0.15, 0.2) is 121 Å². The highest BCUT2D eigenvalue weighted by Crippen LogP contribution is 2.36. The summed E-state index contributed by atoms with van der Waals surface area (Å²) in [6.45, 7) is 0.362. The minimum absolute atomic E-state index is 0.362. The van der Waals surface area contributed by atoms with Gasteiger partial charge in [0, 0.05) is 22.9 Å². The summed E-state index contributed by atoms with van der Waals surface area (Å²) in [5.74, 6) is 1.57. The zero-order chi connectivity index (χ0) is 25.2. The first-order valence-electron chi connectivity index (χ1n) is 12.3. The molecular weight excluding hydrogens is 458 g/mol. The van der Waals surface area contributed by atoms with Crippen LogP contribution in [0.3, 0.4) is 0 Å². The van der Waals surface area contributed by atoms with Crippen LogP contribution in [0, 0.1) is 0 Å². The molecular formula is C32H27N3O2. The molecule has 37 heavy (non-hydrogen) atoms. The summed E-state index contributed by atoms with van der Waals surface area (Å²) < 4.78 is 9.64. The predicted molar refractivity (Wildman–Crippen MR) is 147 cm³/mol. The van der Waals surface area contributed by atoms with Gasteiger partial charge in [-0.3, -0.25) is 4.40 Å². The first-order chi connectivity index (χ1) is 18.2. The minimum atomic E-state index is -0.688. The van der Waals surface area contributed by atoms with E-state index in [0.29, 0.717) is 6.54 Å². The summed E-state index contributed by atoms with van der Waals surface area (Å²) in [5.41, 5.74) is 6.91. The molecule has 0 saturated heterocycles. The third-order valence-corrected chi connectivity index (χ3v) is 6.70. The van der Waals surface area contributed by atoms with Gasteiger partial charge in [0.25, 0.3) is 0 Å². The average molecular weight is 486 g/mol. The first-order valence-corrected chi connectivity index (χ1v) is 12.3. The van der Waals surface area contributed by atoms with Crippen LogP contribution in [-0.4, -0.2) is 26.2 Å². The second kappa shape index (κ2) is 9.80. The van der Waals surface area contributed by atoms with E-state index >= 15 is 0 Å². The number of hydrogen-bond donors (Lipinski definition) is 1. The van der Waals surface area contributed by atoms with Gasteiger partial charge < -0.3 is 14.4 Å². The molecule has 0 radical (unpaired) electrons. The summed E-state index contributed by atoms with van der Waals surface area (Å²) in [6.07, 6.45) is 1.43. The van der Waals surface area contributed by atoms with Gasteiger partial charge in [0.05, 0.1) is 36.8 Å². The Labute approximate surface area is 215 Å². The van der Waals surface area contributed by atoms with Crippen LogP contribution < -0.4 is 4.74 Å². The molecule has 182 valence electrons. The molecule has 2 aromatic heterocycles. The Morgan fingerprint density at radius 2 is 1.32 bits per heavy atom. The van der Waals surface area contributed by atoms with Crippen molar-refractivity contribution in [3.05, 3.63) is 127 Å². The van der Waals surface area contributed by atoms with Crippen LogP contribution in [0.1, 0.15) is 11.7 Å². The highest BCUT2D eigenvalue weighted by molar-refractivity contribution is 5.82. The molecule has 0 bridgehead atoms. The molecule has 6 aromatic rings. The zero-order valence-electron chi connectivity index (χ0n) is 20.5. The van der Waals surface area contributed by atoms with E-state index in [2.05, 4.69) is 39.4 Å². The number of ether oxygens (including phenoxy) is 1. The molecule has 4 aromatic carbocycles. The molecule has 0 saturated carbocycles. The maximum atomic E-state index is 11.2. The molecule has 0 fully saturated rings. The van der Waals surface area contributed by atoms with E-state index in [1.807, 2.05) is 91.0 Å². The van der Waals surface area contributed by atoms with Crippen molar-refractivity contribution in [2.45, 2.75) is 12.6 Å². The molecule has 0 amide bonds. The Morgan fingerprint density at radius 1 is 0.730 bits per heavy atom. The predicted octanol–water partition coefficient (Wildman–Crippen LogP) is 6.88. The van der Waals surface area contributed by atoms with E-state index < -0.39 is 6.10 Å².